The van der Waals surface area contributed by atoms with E-state index in [4.69, 9.17) is 0 Å². The number of benzene rings is 13. The Balaban J connectivity index is 0.986. The van der Waals surface area contributed by atoms with Crippen LogP contribution in [0.2, 0.25) is 0 Å². The zero-order valence-corrected chi connectivity index (χ0v) is 50.9. The fourth-order valence-electron chi connectivity index (χ4n) is 14.5. The molecule has 3 nitrogen and oxygen atoms in total. The summed E-state index contributed by atoms with van der Waals surface area (Å²) in [5.74, 6) is -0.0690. The van der Waals surface area contributed by atoms with Crippen molar-refractivity contribution in [3.8, 4) is 66.8 Å². The molecule has 1 heterocycles. The van der Waals surface area contributed by atoms with Gasteiger partial charge >= 0.3 is 0 Å². The van der Waals surface area contributed by atoms with Gasteiger partial charge in [-0.15, -0.1) is 0 Å². The highest BCUT2D eigenvalue weighted by Gasteiger charge is 2.40. The summed E-state index contributed by atoms with van der Waals surface area (Å²) >= 11 is 0. The number of hydrogen-bond acceptors (Lipinski definition) is 3. The molecule has 1 aliphatic carbocycles. The number of ketones is 2. The summed E-state index contributed by atoms with van der Waals surface area (Å²) in [7, 11) is 0. The molecule has 0 radical (unpaired) electrons. The number of fused-ring (bicyclic) bond motifs is 4. The van der Waals surface area contributed by atoms with Crippen molar-refractivity contribution in [1.82, 2.24) is 0 Å². The van der Waals surface area contributed by atoms with Gasteiger partial charge in [-0.25, -0.2) is 0 Å². The van der Waals surface area contributed by atoms with Gasteiger partial charge in [-0.1, -0.05) is 301 Å². The molecule has 0 saturated heterocycles. The molecule has 0 atom stereocenters. The molecular formula is C87H65NO2. The van der Waals surface area contributed by atoms with Gasteiger partial charge in [0.1, 0.15) is 0 Å². The molecule has 1 aliphatic heterocycles. The molecule has 15 rings (SSSR count). The highest BCUT2D eigenvalue weighted by atomic mass is 16.1. The van der Waals surface area contributed by atoms with Crippen LogP contribution < -0.4 is 4.90 Å². The van der Waals surface area contributed by atoms with Crippen molar-refractivity contribution in [2.24, 2.45) is 0 Å². The largest absolute Gasteiger partial charge is 0.309 e. The molecule has 0 spiro atoms. The van der Waals surface area contributed by atoms with Gasteiger partial charge < -0.3 is 4.90 Å². The lowest BCUT2D eigenvalue weighted by Gasteiger charge is -2.42. The summed E-state index contributed by atoms with van der Waals surface area (Å²) in [6.07, 6.45) is 0. The molecule has 0 bridgehead atoms. The minimum absolute atomic E-state index is 0.00195. The highest BCUT2D eigenvalue weighted by Crippen LogP contribution is 2.56. The molecule has 13 aromatic carbocycles. The topological polar surface area (TPSA) is 37.4 Å². The third-order valence-corrected chi connectivity index (χ3v) is 19.1. The molecule has 430 valence electrons. The number of rotatable bonds is 12. The normalized spacial score (nSPS) is 13.5. The van der Waals surface area contributed by atoms with E-state index in [1.54, 1.807) is 0 Å². The number of carbonyl (C=O) groups excluding carboxylic acids is 2. The van der Waals surface area contributed by atoms with Gasteiger partial charge in [0.05, 0.1) is 17.1 Å². The van der Waals surface area contributed by atoms with Crippen LogP contribution in [0.3, 0.4) is 0 Å². The number of hydrogen-bond donors (Lipinski definition) is 0. The van der Waals surface area contributed by atoms with E-state index < -0.39 is 0 Å². The van der Waals surface area contributed by atoms with E-state index in [1.807, 2.05) is 84.9 Å². The van der Waals surface area contributed by atoms with E-state index in [9.17, 15) is 9.59 Å². The summed E-state index contributed by atoms with van der Waals surface area (Å²) in [6.45, 7) is 9.41. The Labute approximate surface area is 527 Å². The fourth-order valence-corrected chi connectivity index (χ4v) is 14.5. The number of nitrogens with zero attached hydrogens (tertiary/aromatic N) is 1. The second-order valence-electron chi connectivity index (χ2n) is 25.0. The van der Waals surface area contributed by atoms with Crippen LogP contribution in [0.25, 0.3) is 66.8 Å². The average molecular weight is 1160 g/mol. The lowest BCUT2D eigenvalue weighted by atomic mass is 9.63. The molecule has 0 unspecified atom stereocenters. The predicted octanol–water partition coefficient (Wildman–Crippen LogP) is 22.1. The molecule has 2 aliphatic rings. The minimum atomic E-state index is -0.253. The Bertz CT molecular complexity index is 4510. The molecular weight excluding hydrogens is 1090 g/mol. The Morgan fingerprint density at radius 2 is 0.600 bits per heavy atom. The van der Waals surface area contributed by atoms with Crippen molar-refractivity contribution < 1.29 is 9.59 Å². The number of carbonyl (C=O) groups is 2. The van der Waals surface area contributed by atoms with Crippen molar-refractivity contribution in [1.29, 1.82) is 0 Å². The molecule has 90 heavy (non-hydrogen) atoms. The van der Waals surface area contributed by atoms with Gasteiger partial charge in [0.15, 0.2) is 11.6 Å². The van der Waals surface area contributed by atoms with Gasteiger partial charge in [0.25, 0.3) is 0 Å². The summed E-state index contributed by atoms with van der Waals surface area (Å²) in [5.41, 5.74) is 27.4. The SMILES string of the molecule is CC1(C)c2ccccc2C(c2ccccc2-c2cc(-c3cccc(-c4ccc(C(=O)c5ccccc5)cc4)c3)c(-c3ccccc3N3c4ccccc4C(C)(C)c4ccccc43)cc2-c2cccc(-c3ccc(C(=O)c4ccccc4)cc3)c2)c2ccccc21. The number of para-hydroxylation sites is 3. The standard InChI is InChI=1S/C87H65NO2/c1-86(2)76-38-16-13-36-70(76)83(71-37-14-17-39-77(71)86)69-35-12-11-33-67(69)74-55-73(66-32-24-30-64(54-66)58-47-51-62(52-48-58)85(90)60-27-9-6-10-28-60)75(56-72(74)65-31-23-29-63(53-65)57-45-49-61(50-46-57)84(89)59-25-7-5-8-26-59)68-34-15-20-42-80(68)88-81-43-21-18-40-78(81)87(3,4)79-41-19-22-44-82(79)88/h5-56,83H,1-4H3. The zero-order chi connectivity index (χ0) is 61.1. The first-order chi connectivity index (χ1) is 44.0. The maximum Gasteiger partial charge on any atom is 0.193 e. The van der Waals surface area contributed by atoms with Crippen LogP contribution in [0.1, 0.15) is 104 Å². The van der Waals surface area contributed by atoms with Crippen molar-refractivity contribution >= 4 is 28.6 Å². The summed E-state index contributed by atoms with van der Waals surface area (Å²) in [4.78, 5) is 29.9. The quantitative estimate of drug-likeness (QED) is 0.114. The molecule has 0 fully saturated rings. The minimum Gasteiger partial charge on any atom is -0.309 e. The lowest BCUT2D eigenvalue weighted by Crippen LogP contribution is -2.30. The molecule has 0 amide bonds. The van der Waals surface area contributed by atoms with Crippen molar-refractivity contribution in [2.45, 2.75) is 44.4 Å². The average Bonchev–Trinajstić information content (AvgIpc) is 0.736. The zero-order valence-electron chi connectivity index (χ0n) is 50.9. The summed E-state index contributed by atoms with van der Waals surface area (Å²) in [5, 5.41) is 0. The van der Waals surface area contributed by atoms with Crippen LogP contribution in [-0.4, -0.2) is 11.6 Å². The van der Waals surface area contributed by atoms with E-state index in [1.165, 1.54) is 38.9 Å². The summed E-state index contributed by atoms with van der Waals surface area (Å²) < 4.78 is 0. The van der Waals surface area contributed by atoms with E-state index in [0.717, 1.165) is 83.8 Å². The van der Waals surface area contributed by atoms with Gasteiger partial charge in [-0.2, -0.15) is 0 Å². The van der Waals surface area contributed by atoms with Crippen LogP contribution in [0, 0.1) is 0 Å². The first-order valence-corrected chi connectivity index (χ1v) is 31.2. The summed E-state index contributed by atoms with van der Waals surface area (Å²) in [6, 6.07) is 112. The maximum absolute atomic E-state index is 13.7. The smallest absolute Gasteiger partial charge is 0.193 e. The van der Waals surface area contributed by atoms with Crippen molar-refractivity contribution in [2.75, 3.05) is 4.90 Å². The monoisotopic (exact) mass is 1160 g/mol. The highest BCUT2D eigenvalue weighted by molar-refractivity contribution is 6.10. The van der Waals surface area contributed by atoms with Crippen LogP contribution in [0.4, 0.5) is 17.1 Å². The van der Waals surface area contributed by atoms with Crippen molar-refractivity contribution in [3.05, 3.63) is 377 Å². The second kappa shape index (κ2) is 22.6. The molecule has 0 N–H and O–H groups in total. The van der Waals surface area contributed by atoms with Crippen LogP contribution in [-0.2, 0) is 10.8 Å². The van der Waals surface area contributed by atoms with Crippen LogP contribution in [0.5, 0.6) is 0 Å². The Morgan fingerprint density at radius 3 is 1.08 bits per heavy atom. The van der Waals surface area contributed by atoms with Gasteiger partial charge in [0.2, 0.25) is 0 Å². The van der Waals surface area contributed by atoms with Gasteiger partial charge in [-0.3, -0.25) is 9.59 Å². The van der Waals surface area contributed by atoms with Gasteiger partial charge in [-0.05, 0) is 143 Å². The first kappa shape index (κ1) is 55.6. The number of anilines is 3. The Kier molecular flexibility index (Phi) is 14.0. The van der Waals surface area contributed by atoms with Crippen LogP contribution in [0.15, 0.2) is 315 Å². The maximum atomic E-state index is 13.7. The molecule has 0 saturated carbocycles. The predicted molar refractivity (Wildman–Crippen MR) is 372 cm³/mol. The Hall–Kier alpha value is -11.0. The van der Waals surface area contributed by atoms with Gasteiger partial charge in [0, 0.05) is 44.6 Å². The third-order valence-electron chi connectivity index (χ3n) is 19.1. The molecule has 0 aromatic heterocycles. The third kappa shape index (κ3) is 9.62. The van der Waals surface area contributed by atoms with Crippen LogP contribution >= 0.6 is 0 Å². The van der Waals surface area contributed by atoms with Crippen molar-refractivity contribution in [3.63, 3.8) is 0 Å². The van der Waals surface area contributed by atoms with E-state index in [0.29, 0.717) is 22.3 Å². The first-order valence-electron chi connectivity index (χ1n) is 31.2. The van der Waals surface area contributed by atoms with E-state index >= 15 is 0 Å². The Morgan fingerprint density at radius 1 is 0.256 bits per heavy atom. The molecule has 3 heteroatoms. The lowest BCUT2D eigenvalue weighted by molar-refractivity contribution is 0.103. The fraction of sp³-hybridized carbons (Fsp3) is 0.0805. The van der Waals surface area contributed by atoms with E-state index in [-0.39, 0.29) is 28.3 Å². The second-order valence-corrected chi connectivity index (χ2v) is 25.0. The van der Waals surface area contributed by atoms with E-state index in [2.05, 4.69) is 263 Å². The molecule has 13 aromatic rings.